The summed E-state index contributed by atoms with van der Waals surface area (Å²) in [6, 6.07) is 0. The molecule has 0 amide bonds. The quantitative estimate of drug-likeness (QED) is 0.412. The molecule has 0 atom stereocenters. The molecule has 0 aliphatic heterocycles. The van der Waals surface area contributed by atoms with Crippen LogP contribution in [0.25, 0.3) is 0 Å². The second-order valence-electron chi connectivity index (χ2n) is 3.29. The molecule has 0 spiro atoms. The van der Waals surface area contributed by atoms with Gasteiger partial charge < -0.3 is 0 Å². The molecule has 0 aliphatic rings. The number of allylic oxidation sites excluding steroid dienone is 2. The lowest BCUT2D eigenvalue weighted by atomic mass is 10.1. The number of aliphatic imine (C=N–C) groups is 1. The first kappa shape index (κ1) is 9.41. The number of nitrogens with zero attached hydrogens (tertiary/aromatic N) is 1. The van der Waals surface area contributed by atoms with Crippen molar-refractivity contribution in [1.29, 1.82) is 0 Å². The Balaban J connectivity index is 3.56. The van der Waals surface area contributed by atoms with Gasteiger partial charge in [-0.2, -0.15) is 0 Å². The highest BCUT2D eigenvalue weighted by Gasteiger charge is 2.03. The van der Waals surface area contributed by atoms with Gasteiger partial charge in [0.2, 0.25) is 0 Å². The minimum Gasteiger partial charge on any atom is -0.291 e. The van der Waals surface area contributed by atoms with Crippen LogP contribution in [0.2, 0.25) is 0 Å². The molecule has 1 heteroatoms. The van der Waals surface area contributed by atoms with E-state index in [4.69, 9.17) is 0 Å². The van der Waals surface area contributed by atoms with Gasteiger partial charge in [0.1, 0.15) is 0 Å². The third kappa shape index (κ3) is 7.41. The van der Waals surface area contributed by atoms with E-state index in [2.05, 4.69) is 31.8 Å². The predicted molar refractivity (Wildman–Crippen MR) is 47.7 cm³/mol. The molecule has 0 aromatic heterocycles. The van der Waals surface area contributed by atoms with Crippen LogP contribution in [0.1, 0.15) is 34.1 Å². The lowest BCUT2D eigenvalue weighted by Crippen LogP contribution is -2.09. The monoisotopic (exact) mass is 139 g/mol. The highest BCUT2D eigenvalue weighted by Crippen LogP contribution is 2.04. The van der Waals surface area contributed by atoms with Crippen molar-refractivity contribution in [3.05, 3.63) is 12.2 Å². The summed E-state index contributed by atoms with van der Waals surface area (Å²) in [7, 11) is 0. The van der Waals surface area contributed by atoms with Crippen LogP contribution in [0.5, 0.6) is 0 Å². The van der Waals surface area contributed by atoms with E-state index >= 15 is 0 Å². The lowest BCUT2D eigenvalue weighted by molar-refractivity contribution is 0.585. The predicted octanol–water partition coefficient (Wildman–Crippen LogP) is 2.82. The zero-order valence-electron chi connectivity index (χ0n) is 7.39. The van der Waals surface area contributed by atoms with Crippen LogP contribution in [0.3, 0.4) is 0 Å². The zero-order valence-corrected chi connectivity index (χ0v) is 7.39. The summed E-state index contributed by atoms with van der Waals surface area (Å²) in [5.74, 6) is 0. The van der Waals surface area contributed by atoms with Crippen molar-refractivity contribution in [2.24, 2.45) is 4.99 Å². The van der Waals surface area contributed by atoms with Crippen molar-refractivity contribution in [3.63, 3.8) is 0 Å². The molecule has 0 saturated carbocycles. The Kier molecular flexibility index (Phi) is 4.01. The molecule has 0 radical (unpaired) electrons. The Hall–Kier alpha value is -0.590. The van der Waals surface area contributed by atoms with Gasteiger partial charge in [-0.3, -0.25) is 4.99 Å². The average Bonchev–Trinajstić information content (AvgIpc) is 1.78. The van der Waals surface area contributed by atoms with Crippen molar-refractivity contribution in [2.45, 2.75) is 39.7 Å². The Morgan fingerprint density at radius 2 is 1.90 bits per heavy atom. The van der Waals surface area contributed by atoms with E-state index in [1.165, 1.54) is 0 Å². The second-order valence-corrected chi connectivity index (χ2v) is 3.29. The van der Waals surface area contributed by atoms with E-state index in [1.54, 1.807) is 0 Å². The highest BCUT2D eigenvalue weighted by molar-refractivity contribution is 5.59. The molecule has 0 N–H and O–H groups in total. The third-order valence-electron chi connectivity index (χ3n) is 0.956. The molecule has 0 bridgehead atoms. The van der Waals surface area contributed by atoms with Crippen molar-refractivity contribution in [2.75, 3.05) is 0 Å². The average molecular weight is 139 g/mol. The molecule has 0 aromatic carbocycles. The largest absolute Gasteiger partial charge is 0.291 e. The van der Waals surface area contributed by atoms with Gasteiger partial charge in [-0.1, -0.05) is 12.2 Å². The molecule has 0 aliphatic carbocycles. The van der Waals surface area contributed by atoms with E-state index in [0.717, 1.165) is 6.42 Å². The van der Waals surface area contributed by atoms with Crippen LogP contribution in [0.4, 0.5) is 0 Å². The first-order chi connectivity index (χ1) is 4.56. The molecule has 0 rings (SSSR count). The van der Waals surface area contributed by atoms with Gasteiger partial charge in [0.15, 0.2) is 0 Å². The van der Waals surface area contributed by atoms with Gasteiger partial charge in [0.05, 0.1) is 5.54 Å². The smallest absolute Gasteiger partial charge is 0.0520 e. The molecule has 0 aromatic rings. The SMILES string of the molecule is C/C=C/CC=NC(C)(C)C. The number of hydrogen-bond donors (Lipinski definition) is 0. The van der Waals surface area contributed by atoms with Crippen molar-refractivity contribution in [1.82, 2.24) is 0 Å². The topological polar surface area (TPSA) is 12.4 Å². The van der Waals surface area contributed by atoms with E-state index < -0.39 is 0 Å². The summed E-state index contributed by atoms with van der Waals surface area (Å²) in [6.07, 6.45) is 7.04. The Morgan fingerprint density at radius 3 is 2.30 bits per heavy atom. The molecule has 0 unspecified atom stereocenters. The van der Waals surface area contributed by atoms with Crippen molar-refractivity contribution in [3.8, 4) is 0 Å². The second kappa shape index (κ2) is 4.26. The minimum absolute atomic E-state index is 0.0849. The van der Waals surface area contributed by atoms with Crippen LogP contribution >= 0.6 is 0 Å². The fraction of sp³-hybridized carbons (Fsp3) is 0.667. The maximum atomic E-state index is 4.32. The molecule has 58 valence electrons. The van der Waals surface area contributed by atoms with Crippen molar-refractivity contribution >= 4 is 6.21 Å². The first-order valence-corrected chi connectivity index (χ1v) is 3.71. The van der Waals surface area contributed by atoms with Crippen LogP contribution in [0, 0.1) is 0 Å². The maximum absolute atomic E-state index is 4.32. The third-order valence-corrected chi connectivity index (χ3v) is 0.956. The van der Waals surface area contributed by atoms with Gasteiger partial charge in [-0.25, -0.2) is 0 Å². The van der Waals surface area contributed by atoms with Crippen LogP contribution < -0.4 is 0 Å². The Bertz CT molecular complexity index is 126. The molecule has 10 heavy (non-hydrogen) atoms. The van der Waals surface area contributed by atoms with Crippen LogP contribution in [-0.2, 0) is 0 Å². The van der Waals surface area contributed by atoms with E-state index in [0.29, 0.717) is 0 Å². The molecule has 0 heterocycles. The van der Waals surface area contributed by atoms with E-state index in [1.807, 2.05) is 19.2 Å². The van der Waals surface area contributed by atoms with Crippen LogP contribution in [0.15, 0.2) is 17.1 Å². The fourth-order valence-corrected chi connectivity index (χ4v) is 0.524. The number of hydrogen-bond acceptors (Lipinski definition) is 1. The lowest BCUT2D eigenvalue weighted by Gasteiger charge is -2.09. The molecule has 1 nitrogen and oxygen atoms in total. The molecule has 0 fully saturated rings. The zero-order chi connectivity index (χ0) is 8.04. The molecular formula is C9H17N. The summed E-state index contributed by atoms with van der Waals surface area (Å²) < 4.78 is 0. The Labute approximate surface area is 63.9 Å². The van der Waals surface area contributed by atoms with E-state index in [-0.39, 0.29) is 5.54 Å². The summed E-state index contributed by atoms with van der Waals surface area (Å²) in [5, 5.41) is 0. The van der Waals surface area contributed by atoms with Gasteiger partial charge in [0.25, 0.3) is 0 Å². The van der Waals surface area contributed by atoms with Gasteiger partial charge in [-0.05, 0) is 27.7 Å². The first-order valence-electron chi connectivity index (χ1n) is 3.71. The normalized spacial score (nSPS) is 13.6. The van der Waals surface area contributed by atoms with E-state index in [9.17, 15) is 0 Å². The summed E-state index contributed by atoms with van der Waals surface area (Å²) in [5.41, 5.74) is 0.0849. The summed E-state index contributed by atoms with van der Waals surface area (Å²) >= 11 is 0. The van der Waals surface area contributed by atoms with Gasteiger partial charge >= 0.3 is 0 Å². The highest BCUT2D eigenvalue weighted by atomic mass is 14.8. The van der Waals surface area contributed by atoms with Crippen LogP contribution in [-0.4, -0.2) is 11.8 Å². The molecule has 0 saturated heterocycles. The fourth-order valence-electron chi connectivity index (χ4n) is 0.524. The number of rotatable bonds is 2. The van der Waals surface area contributed by atoms with Gasteiger partial charge in [-0.15, -0.1) is 0 Å². The summed E-state index contributed by atoms with van der Waals surface area (Å²) in [6.45, 7) is 8.31. The van der Waals surface area contributed by atoms with Crippen molar-refractivity contribution < 1.29 is 0 Å². The molecular weight excluding hydrogens is 122 g/mol. The van der Waals surface area contributed by atoms with Gasteiger partial charge in [0, 0.05) is 12.6 Å². The minimum atomic E-state index is 0.0849. The standard InChI is InChI=1S/C9H17N/c1-5-6-7-8-10-9(2,3)4/h5-6,8H,7H2,1-4H3/b6-5+,10-8?. The summed E-state index contributed by atoms with van der Waals surface area (Å²) in [4.78, 5) is 4.32. The maximum Gasteiger partial charge on any atom is 0.0520 e. The Morgan fingerprint density at radius 1 is 1.30 bits per heavy atom.